The second kappa shape index (κ2) is 6.94. The summed E-state index contributed by atoms with van der Waals surface area (Å²) in [6.45, 7) is 0.646. The average Bonchev–Trinajstić information content (AvgIpc) is 3.29. The van der Waals surface area contributed by atoms with E-state index in [1.165, 1.54) is 0 Å². The maximum atomic E-state index is 13.1. The van der Waals surface area contributed by atoms with Crippen LogP contribution in [0.15, 0.2) is 42.7 Å². The van der Waals surface area contributed by atoms with E-state index in [2.05, 4.69) is 5.10 Å². The summed E-state index contributed by atoms with van der Waals surface area (Å²) < 4.78 is 1.82. The van der Waals surface area contributed by atoms with Crippen molar-refractivity contribution < 1.29 is 14.7 Å². The number of fused-ring (bicyclic) bond motifs is 1. The van der Waals surface area contributed by atoms with Crippen molar-refractivity contribution in [2.24, 2.45) is 5.92 Å². The topological polar surface area (TPSA) is 75.4 Å². The molecular weight excluding hydrogens is 330 g/mol. The molecule has 1 aliphatic carbocycles. The minimum absolute atomic E-state index is 0.0705. The molecule has 1 N–H and O–H groups in total. The fourth-order valence-electron chi connectivity index (χ4n) is 4.46. The number of carbonyl (C=O) groups is 2. The fourth-order valence-corrected chi connectivity index (χ4v) is 4.46. The molecule has 136 valence electrons. The van der Waals surface area contributed by atoms with Gasteiger partial charge in [0, 0.05) is 24.0 Å². The van der Waals surface area contributed by atoms with Gasteiger partial charge in [0.15, 0.2) is 0 Å². The van der Waals surface area contributed by atoms with Crippen molar-refractivity contribution in [3.8, 4) is 0 Å². The summed E-state index contributed by atoms with van der Waals surface area (Å²) in [5.41, 5.74) is 1.61. The van der Waals surface area contributed by atoms with Crippen LogP contribution in [0.2, 0.25) is 0 Å². The summed E-state index contributed by atoms with van der Waals surface area (Å²) in [5.74, 6) is -0.714. The van der Waals surface area contributed by atoms with Gasteiger partial charge in [0.25, 0.3) is 5.91 Å². The van der Waals surface area contributed by atoms with Crippen LogP contribution < -0.4 is 0 Å². The van der Waals surface area contributed by atoms with Gasteiger partial charge in [0.05, 0.1) is 6.54 Å². The molecule has 3 unspecified atom stereocenters. The van der Waals surface area contributed by atoms with Crippen LogP contribution in [0.5, 0.6) is 0 Å². The molecule has 1 amide bonds. The number of hydrogen-bond donors (Lipinski definition) is 1. The van der Waals surface area contributed by atoms with Crippen molar-refractivity contribution in [2.75, 3.05) is 0 Å². The zero-order valence-electron chi connectivity index (χ0n) is 14.6. The maximum Gasteiger partial charge on any atom is 0.326 e. The molecule has 2 aliphatic rings. The lowest BCUT2D eigenvalue weighted by atomic mass is 9.84. The van der Waals surface area contributed by atoms with Gasteiger partial charge < -0.3 is 10.0 Å². The van der Waals surface area contributed by atoms with Gasteiger partial charge in [-0.25, -0.2) is 4.79 Å². The Hall–Kier alpha value is -2.63. The molecule has 6 heteroatoms. The molecule has 1 aromatic carbocycles. The first-order valence-corrected chi connectivity index (χ1v) is 9.25. The molecule has 1 aromatic heterocycles. The van der Waals surface area contributed by atoms with E-state index in [1.807, 2.05) is 29.1 Å². The lowest BCUT2D eigenvalue weighted by molar-refractivity contribution is -0.141. The highest BCUT2D eigenvalue weighted by atomic mass is 16.4. The van der Waals surface area contributed by atoms with Crippen molar-refractivity contribution in [3.63, 3.8) is 0 Å². The zero-order valence-corrected chi connectivity index (χ0v) is 14.6. The number of carboxylic acid groups (broad SMARTS) is 1. The lowest BCUT2D eigenvalue weighted by Gasteiger charge is -2.33. The number of carboxylic acids is 1. The fraction of sp³-hybridized carbons (Fsp3) is 0.450. The molecule has 1 saturated heterocycles. The third-order valence-corrected chi connectivity index (χ3v) is 5.71. The molecule has 2 heterocycles. The zero-order chi connectivity index (χ0) is 18.1. The number of likely N-dealkylation sites (tertiary alicyclic amines) is 1. The number of nitrogens with zero attached hydrogens (tertiary/aromatic N) is 3. The van der Waals surface area contributed by atoms with Crippen molar-refractivity contribution in [1.29, 1.82) is 0 Å². The Bertz CT molecular complexity index is 785. The normalized spacial score (nSPS) is 25.1. The predicted octanol–water partition coefficient (Wildman–Crippen LogP) is 2.79. The number of carbonyl (C=O) groups excluding carboxylic acids is 1. The highest BCUT2D eigenvalue weighted by molar-refractivity contribution is 5.97. The summed E-state index contributed by atoms with van der Waals surface area (Å²) in [5, 5.41) is 13.8. The molecule has 2 aromatic rings. The van der Waals surface area contributed by atoms with Gasteiger partial charge >= 0.3 is 5.97 Å². The van der Waals surface area contributed by atoms with Gasteiger partial charge in [-0.1, -0.05) is 25.0 Å². The first-order valence-electron chi connectivity index (χ1n) is 9.25. The first kappa shape index (κ1) is 16.8. The van der Waals surface area contributed by atoms with Crippen LogP contribution in [-0.4, -0.2) is 43.7 Å². The molecule has 0 bridgehead atoms. The first-order chi connectivity index (χ1) is 12.6. The van der Waals surface area contributed by atoms with Gasteiger partial charge in [0.2, 0.25) is 0 Å². The Kier molecular flexibility index (Phi) is 4.49. The maximum absolute atomic E-state index is 13.1. The van der Waals surface area contributed by atoms with E-state index in [0.29, 0.717) is 24.4 Å². The van der Waals surface area contributed by atoms with Crippen LogP contribution in [0, 0.1) is 5.92 Å². The van der Waals surface area contributed by atoms with Crippen LogP contribution in [0.25, 0.3) is 0 Å². The van der Waals surface area contributed by atoms with Gasteiger partial charge in [-0.2, -0.15) is 5.10 Å². The highest BCUT2D eigenvalue weighted by Crippen LogP contribution is 2.40. The van der Waals surface area contributed by atoms with Crippen LogP contribution in [0.1, 0.15) is 48.0 Å². The Morgan fingerprint density at radius 3 is 2.62 bits per heavy atom. The summed E-state index contributed by atoms with van der Waals surface area (Å²) in [6, 6.07) is 8.68. The molecule has 2 fully saturated rings. The summed E-state index contributed by atoms with van der Waals surface area (Å²) in [7, 11) is 0. The molecule has 4 rings (SSSR count). The molecular formula is C20H23N3O3. The largest absolute Gasteiger partial charge is 0.480 e. The van der Waals surface area contributed by atoms with Crippen molar-refractivity contribution in [1.82, 2.24) is 14.7 Å². The Balaban J connectivity index is 1.54. The quantitative estimate of drug-likeness (QED) is 0.917. The monoisotopic (exact) mass is 353 g/mol. The van der Waals surface area contributed by atoms with Crippen LogP contribution in [0.4, 0.5) is 0 Å². The van der Waals surface area contributed by atoms with Gasteiger partial charge in [0.1, 0.15) is 6.04 Å². The third kappa shape index (κ3) is 3.11. The van der Waals surface area contributed by atoms with Crippen LogP contribution >= 0.6 is 0 Å². The van der Waals surface area contributed by atoms with E-state index < -0.39 is 12.0 Å². The Morgan fingerprint density at radius 1 is 1.15 bits per heavy atom. The molecule has 0 radical (unpaired) electrons. The van der Waals surface area contributed by atoms with E-state index in [1.54, 1.807) is 23.2 Å². The van der Waals surface area contributed by atoms with Crippen molar-refractivity contribution >= 4 is 11.9 Å². The second-order valence-corrected chi connectivity index (χ2v) is 7.31. The number of amides is 1. The van der Waals surface area contributed by atoms with E-state index in [9.17, 15) is 14.7 Å². The number of aromatic nitrogens is 2. The van der Waals surface area contributed by atoms with Crippen molar-refractivity contribution in [3.05, 3.63) is 53.9 Å². The molecule has 6 nitrogen and oxygen atoms in total. The average molecular weight is 353 g/mol. The van der Waals surface area contributed by atoms with E-state index in [0.717, 1.165) is 31.2 Å². The smallest absolute Gasteiger partial charge is 0.326 e. The number of hydrogen-bond acceptors (Lipinski definition) is 3. The Labute approximate surface area is 152 Å². The van der Waals surface area contributed by atoms with E-state index in [-0.39, 0.29) is 11.9 Å². The Morgan fingerprint density at radius 2 is 1.92 bits per heavy atom. The van der Waals surface area contributed by atoms with Gasteiger partial charge in [-0.3, -0.25) is 9.48 Å². The second-order valence-electron chi connectivity index (χ2n) is 7.31. The molecule has 26 heavy (non-hydrogen) atoms. The summed E-state index contributed by atoms with van der Waals surface area (Å²) >= 11 is 0. The van der Waals surface area contributed by atoms with Crippen molar-refractivity contribution in [2.45, 2.75) is 50.7 Å². The minimum Gasteiger partial charge on any atom is -0.480 e. The number of aliphatic carboxylic acids is 1. The van der Waals surface area contributed by atoms with Gasteiger partial charge in [-0.05, 0) is 48.9 Å². The standard InChI is InChI=1S/C20H23N3O3/c24-19(15-8-6-14(7-9-15)13-22-11-3-10-21-22)23-17-5-2-1-4-16(17)12-18(23)20(25)26/h3,6-11,16-18H,1-2,4-5,12-13H2,(H,25,26). The lowest BCUT2D eigenvalue weighted by Crippen LogP contribution is -2.46. The summed E-state index contributed by atoms with van der Waals surface area (Å²) in [6.07, 6.45) is 8.36. The predicted molar refractivity (Wildman–Crippen MR) is 95.7 cm³/mol. The van der Waals surface area contributed by atoms with E-state index in [4.69, 9.17) is 0 Å². The highest BCUT2D eigenvalue weighted by Gasteiger charge is 2.47. The molecule has 0 spiro atoms. The van der Waals surface area contributed by atoms with Crippen LogP contribution in [-0.2, 0) is 11.3 Å². The SMILES string of the molecule is O=C(O)C1CC2CCCCC2N1C(=O)c1ccc(Cn2cccn2)cc1. The number of benzene rings is 1. The van der Waals surface area contributed by atoms with E-state index >= 15 is 0 Å². The molecule has 1 aliphatic heterocycles. The minimum atomic E-state index is -0.886. The molecule has 1 saturated carbocycles. The van der Waals surface area contributed by atoms with Crippen LogP contribution in [0.3, 0.4) is 0 Å². The summed E-state index contributed by atoms with van der Waals surface area (Å²) in [4.78, 5) is 26.5. The third-order valence-electron chi connectivity index (χ3n) is 5.71. The number of rotatable bonds is 4. The molecule has 3 atom stereocenters. The van der Waals surface area contributed by atoms with Gasteiger partial charge in [-0.15, -0.1) is 0 Å².